The molecular weight excluding hydrogens is 401 g/mol. The molecule has 0 saturated heterocycles. The molecule has 0 bridgehead atoms. The Balaban J connectivity index is 1.45. The van der Waals surface area contributed by atoms with Gasteiger partial charge in [-0.3, -0.25) is 9.59 Å². The fraction of sp³-hybridized carbons (Fsp3) is 0.167. The van der Waals surface area contributed by atoms with Crippen molar-refractivity contribution in [3.8, 4) is 11.5 Å². The largest absolute Gasteiger partial charge is 0.454 e. The molecule has 3 aromatic carbocycles. The van der Waals surface area contributed by atoms with Crippen LogP contribution in [0.4, 0.5) is 10.1 Å². The Morgan fingerprint density at radius 2 is 1.77 bits per heavy atom. The van der Waals surface area contributed by atoms with E-state index < -0.39 is 23.7 Å². The Morgan fingerprint density at radius 1 is 1.03 bits per heavy atom. The van der Waals surface area contributed by atoms with Crippen LogP contribution in [0.15, 0.2) is 66.7 Å². The van der Waals surface area contributed by atoms with Crippen LogP contribution >= 0.6 is 0 Å². The van der Waals surface area contributed by atoms with Crippen molar-refractivity contribution in [3.05, 3.63) is 89.2 Å². The van der Waals surface area contributed by atoms with Crippen LogP contribution in [-0.2, 0) is 16.9 Å². The maximum absolute atomic E-state index is 13.3. The predicted octanol–water partition coefficient (Wildman–Crippen LogP) is 3.56. The highest BCUT2D eigenvalue weighted by Gasteiger charge is 2.50. The number of amides is 1. The first kappa shape index (κ1) is 19.3. The van der Waals surface area contributed by atoms with Crippen molar-refractivity contribution >= 4 is 17.4 Å². The molecule has 0 saturated carbocycles. The highest BCUT2D eigenvalue weighted by atomic mass is 19.1. The number of carbonyl (C=O) groups is 2. The first-order valence-corrected chi connectivity index (χ1v) is 9.77. The van der Waals surface area contributed by atoms with Crippen LogP contribution in [-0.4, -0.2) is 23.6 Å². The molecule has 1 atom stereocenters. The molecule has 7 heteroatoms. The van der Waals surface area contributed by atoms with E-state index in [0.29, 0.717) is 33.9 Å². The van der Waals surface area contributed by atoms with Crippen molar-refractivity contribution in [2.75, 3.05) is 11.7 Å². The maximum atomic E-state index is 13.3. The number of rotatable bonds is 5. The Hall–Kier alpha value is -3.71. The fourth-order valence-corrected chi connectivity index (χ4v) is 4.01. The van der Waals surface area contributed by atoms with E-state index in [2.05, 4.69) is 0 Å². The number of halogens is 1. The van der Waals surface area contributed by atoms with E-state index in [1.54, 1.807) is 54.6 Å². The molecule has 0 spiro atoms. The van der Waals surface area contributed by atoms with Crippen LogP contribution in [0, 0.1) is 5.82 Å². The summed E-state index contributed by atoms with van der Waals surface area (Å²) < 4.78 is 23.8. The Labute approximate surface area is 177 Å². The van der Waals surface area contributed by atoms with Gasteiger partial charge < -0.3 is 19.5 Å². The second kappa shape index (κ2) is 7.21. The number of anilines is 1. The van der Waals surface area contributed by atoms with Gasteiger partial charge in [0, 0.05) is 11.1 Å². The Bertz CT molecular complexity index is 1190. The number of ether oxygens (including phenoxy) is 2. The lowest BCUT2D eigenvalue weighted by molar-refractivity contribution is -0.136. The molecule has 0 fully saturated rings. The summed E-state index contributed by atoms with van der Waals surface area (Å²) in [6.07, 6.45) is -0.414. The van der Waals surface area contributed by atoms with Gasteiger partial charge in [0.25, 0.3) is 5.91 Å². The van der Waals surface area contributed by atoms with Crippen LogP contribution in [0.2, 0.25) is 0 Å². The summed E-state index contributed by atoms with van der Waals surface area (Å²) in [6, 6.07) is 17.4. The topological polar surface area (TPSA) is 76.1 Å². The summed E-state index contributed by atoms with van der Waals surface area (Å²) in [7, 11) is 0. The van der Waals surface area contributed by atoms with Crippen molar-refractivity contribution in [2.45, 2.75) is 18.6 Å². The molecule has 0 unspecified atom stereocenters. The van der Waals surface area contributed by atoms with Gasteiger partial charge in [-0.05, 0) is 42.0 Å². The molecule has 1 N–H and O–H groups in total. The molecular formula is C24H18FNO5. The standard InChI is InChI=1S/C24H18FNO5/c25-17-8-5-15(6-9-17)13-26-19-4-2-1-3-18(19)24(29,23(26)28)12-20(27)16-7-10-21-22(11-16)31-14-30-21/h1-11,29H,12-14H2/t24-/m1/s1. The van der Waals surface area contributed by atoms with E-state index in [9.17, 15) is 19.1 Å². The lowest BCUT2D eigenvalue weighted by Crippen LogP contribution is -2.41. The predicted molar refractivity (Wildman–Crippen MR) is 109 cm³/mol. The molecule has 3 aromatic rings. The molecule has 0 aromatic heterocycles. The highest BCUT2D eigenvalue weighted by molar-refractivity contribution is 6.10. The third-order valence-corrected chi connectivity index (χ3v) is 5.60. The van der Waals surface area contributed by atoms with Crippen molar-refractivity contribution in [1.29, 1.82) is 0 Å². The molecule has 0 aliphatic carbocycles. The van der Waals surface area contributed by atoms with E-state index in [1.165, 1.54) is 17.0 Å². The minimum Gasteiger partial charge on any atom is -0.454 e. The van der Waals surface area contributed by atoms with Crippen molar-refractivity contribution in [1.82, 2.24) is 0 Å². The molecule has 0 radical (unpaired) electrons. The van der Waals surface area contributed by atoms with Gasteiger partial charge in [0.15, 0.2) is 22.9 Å². The van der Waals surface area contributed by atoms with Crippen LogP contribution in [0.25, 0.3) is 0 Å². The van der Waals surface area contributed by atoms with Crippen LogP contribution in [0.1, 0.15) is 27.9 Å². The zero-order chi connectivity index (χ0) is 21.6. The molecule has 2 aliphatic rings. The number of hydrogen-bond acceptors (Lipinski definition) is 5. The maximum Gasteiger partial charge on any atom is 0.264 e. The number of benzene rings is 3. The molecule has 156 valence electrons. The smallest absolute Gasteiger partial charge is 0.264 e. The highest BCUT2D eigenvalue weighted by Crippen LogP contribution is 2.44. The van der Waals surface area contributed by atoms with E-state index in [0.717, 1.165) is 0 Å². The van der Waals surface area contributed by atoms with Gasteiger partial charge in [-0.1, -0.05) is 30.3 Å². The third-order valence-electron chi connectivity index (χ3n) is 5.60. The fourth-order valence-electron chi connectivity index (χ4n) is 4.01. The van der Waals surface area contributed by atoms with Gasteiger partial charge in [0.1, 0.15) is 5.82 Å². The first-order valence-electron chi connectivity index (χ1n) is 9.77. The molecule has 2 heterocycles. The van der Waals surface area contributed by atoms with Crippen molar-refractivity contribution in [3.63, 3.8) is 0 Å². The zero-order valence-corrected chi connectivity index (χ0v) is 16.4. The van der Waals surface area contributed by atoms with Crippen LogP contribution in [0.5, 0.6) is 11.5 Å². The summed E-state index contributed by atoms with van der Waals surface area (Å²) in [5.41, 5.74) is -0.0748. The number of Topliss-reactive ketones (excluding diaryl/α,β-unsaturated/α-hetero) is 1. The number of ketones is 1. The zero-order valence-electron chi connectivity index (χ0n) is 16.4. The van der Waals surface area contributed by atoms with E-state index >= 15 is 0 Å². The van der Waals surface area contributed by atoms with Crippen LogP contribution in [0.3, 0.4) is 0 Å². The average molecular weight is 419 g/mol. The van der Waals surface area contributed by atoms with Gasteiger partial charge in [0.2, 0.25) is 6.79 Å². The quantitative estimate of drug-likeness (QED) is 0.640. The van der Waals surface area contributed by atoms with E-state index in [-0.39, 0.29) is 19.2 Å². The monoisotopic (exact) mass is 419 g/mol. The second-order valence-electron chi connectivity index (χ2n) is 7.56. The van der Waals surface area contributed by atoms with Gasteiger partial charge in [0.05, 0.1) is 18.7 Å². The second-order valence-corrected chi connectivity index (χ2v) is 7.56. The average Bonchev–Trinajstić information content (AvgIpc) is 3.32. The first-order chi connectivity index (χ1) is 15.0. The molecule has 1 amide bonds. The molecule has 6 nitrogen and oxygen atoms in total. The number of para-hydroxylation sites is 1. The summed E-state index contributed by atoms with van der Waals surface area (Å²) in [6.45, 7) is 0.234. The number of aliphatic hydroxyl groups is 1. The number of nitrogens with zero attached hydrogens (tertiary/aromatic N) is 1. The Kier molecular flexibility index (Phi) is 4.48. The third kappa shape index (κ3) is 3.23. The normalized spacial score (nSPS) is 18.9. The van der Waals surface area contributed by atoms with Gasteiger partial charge in [-0.15, -0.1) is 0 Å². The minimum atomic E-state index is -2.00. The van der Waals surface area contributed by atoms with Gasteiger partial charge >= 0.3 is 0 Å². The van der Waals surface area contributed by atoms with E-state index in [4.69, 9.17) is 9.47 Å². The van der Waals surface area contributed by atoms with E-state index in [1.807, 2.05) is 0 Å². The number of fused-ring (bicyclic) bond motifs is 2. The summed E-state index contributed by atoms with van der Waals surface area (Å²) in [4.78, 5) is 27.7. The lowest BCUT2D eigenvalue weighted by Gasteiger charge is -2.23. The lowest BCUT2D eigenvalue weighted by atomic mass is 9.88. The Morgan fingerprint density at radius 3 is 2.58 bits per heavy atom. The number of hydrogen-bond donors (Lipinski definition) is 1. The number of carbonyl (C=O) groups excluding carboxylic acids is 2. The van der Waals surface area contributed by atoms with Gasteiger partial charge in [-0.25, -0.2) is 4.39 Å². The van der Waals surface area contributed by atoms with Crippen molar-refractivity contribution in [2.24, 2.45) is 0 Å². The summed E-state index contributed by atoms with van der Waals surface area (Å²) in [5, 5.41) is 11.4. The SMILES string of the molecule is O=C(C[C@]1(O)C(=O)N(Cc2ccc(F)cc2)c2ccccc21)c1ccc2c(c1)OCO2. The summed E-state index contributed by atoms with van der Waals surface area (Å²) in [5.74, 6) is -0.362. The minimum absolute atomic E-state index is 0.0844. The van der Waals surface area contributed by atoms with Crippen molar-refractivity contribution < 1.29 is 28.6 Å². The summed E-state index contributed by atoms with van der Waals surface area (Å²) >= 11 is 0. The molecule has 31 heavy (non-hydrogen) atoms. The van der Waals surface area contributed by atoms with Gasteiger partial charge in [-0.2, -0.15) is 0 Å². The van der Waals surface area contributed by atoms with Crippen LogP contribution < -0.4 is 14.4 Å². The molecule has 2 aliphatic heterocycles. The molecule has 5 rings (SSSR count).